The maximum Gasteiger partial charge on any atom is 0.410 e. The van der Waals surface area contributed by atoms with Gasteiger partial charge < -0.3 is 29.1 Å². The van der Waals surface area contributed by atoms with E-state index in [4.69, 9.17) is 9.72 Å². The highest BCUT2D eigenvalue weighted by Gasteiger charge is 2.38. The molecule has 3 aromatic rings. The van der Waals surface area contributed by atoms with Gasteiger partial charge in [-0.1, -0.05) is 18.2 Å². The van der Waals surface area contributed by atoms with Crippen LogP contribution in [0.15, 0.2) is 48.7 Å². The van der Waals surface area contributed by atoms with Crippen LogP contribution in [0.1, 0.15) is 50.0 Å². The van der Waals surface area contributed by atoms with Crippen LogP contribution in [-0.2, 0) is 4.74 Å². The van der Waals surface area contributed by atoms with Crippen molar-refractivity contribution in [2.24, 2.45) is 0 Å². The summed E-state index contributed by atoms with van der Waals surface area (Å²) in [5.41, 5.74) is 1.62. The predicted molar refractivity (Wildman–Crippen MR) is 144 cm³/mol. The number of para-hydroxylation sites is 1. The van der Waals surface area contributed by atoms with Crippen molar-refractivity contribution in [2.45, 2.75) is 51.3 Å². The normalized spacial score (nSPS) is 20.0. The number of aromatic carboxylic acids is 1. The van der Waals surface area contributed by atoms with Gasteiger partial charge in [-0.3, -0.25) is 0 Å². The van der Waals surface area contributed by atoms with Crippen molar-refractivity contribution in [1.82, 2.24) is 14.5 Å². The molecule has 0 atom stereocenters. The minimum atomic E-state index is -0.962. The molecule has 0 spiro atoms. The summed E-state index contributed by atoms with van der Waals surface area (Å²) in [6.07, 6.45) is 2.81. The van der Waals surface area contributed by atoms with Crippen LogP contribution in [-0.4, -0.2) is 76.5 Å². The molecule has 1 saturated heterocycles. The molecule has 0 radical (unpaired) electrons. The summed E-state index contributed by atoms with van der Waals surface area (Å²) < 4.78 is 7.49. The minimum Gasteiger partial charge on any atom is -0.478 e. The molecule has 2 aromatic heterocycles. The highest BCUT2D eigenvalue weighted by molar-refractivity contribution is 6.02. The van der Waals surface area contributed by atoms with E-state index in [9.17, 15) is 14.7 Å². The zero-order chi connectivity index (χ0) is 26.3. The Kier molecular flexibility index (Phi) is 6.47. The molecule has 2 aliphatic rings. The Balaban J connectivity index is 1.32. The van der Waals surface area contributed by atoms with Crippen molar-refractivity contribution in [1.29, 1.82) is 0 Å². The van der Waals surface area contributed by atoms with E-state index in [0.29, 0.717) is 11.0 Å². The average Bonchev–Trinajstić information content (AvgIpc) is 3.21. The van der Waals surface area contributed by atoms with Crippen LogP contribution in [0, 0.1) is 0 Å². The number of carboxylic acids is 1. The second-order valence-corrected chi connectivity index (χ2v) is 11.0. The molecule has 9 nitrogen and oxygen atoms in total. The number of rotatable bonds is 5. The van der Waals surface area contributed by atoms with Gasteiger partial charge in [0, 0.05) is 62.6 Å². The third kappa shape index (κ3) is 5.08. The van der Waals surface area contributed by atoms with Gasteiger partial charge in [-0.05, 0) is 57.9 Å². The van der Waals surface area contributed by atoms with Crippen LogP contribution in [0.4, 0.5) is 16.3 Å². The van der Waals surface area contributed by atoms with Crippen molar-refractivity contribution in [3.63, 3.8) is 0 Å². The largest absolute Gasteiger partial charge is 0.478 e. The summed E-state index contributed by atoms with van der Waals surface area (Å²) in [4.78, 5) is 35.7. The summed E-state index contributed by atoms with van der Waals surface area (Å²) in [7, 11) is 1.76. The molecule has 0 bridgehead atoms. The van der Waals surface area contributed by atoms with Gasteiger partial charge in [0.05, 0.1) is 5.56 Å². The molecule has 1 aliphatic carbocycles. The molecule has 1 amide bonds. The van der Waals surface area contributed by atoms with E-state index in [1.807, 2.05) is 43.5 Å². The monoisotopic (exact) mass is 505 g/mol. The van der Waals surface area contributed by atoms with Gasteiger partial charge in [-0.2, -0.15) is 0 Å². The lowest BCUT2D eigenvalue weighted by Crippen LogP contribution is -2.47. The van der Waals surface area contributed by atoms with E-state index in [1.165, 1.54) is 5.69 Å². The quantitative estimate of drug-likeness (QED) is 0.541. The summed E-state index contributed by atoms with van der Waals surface area (Å²) in [6, 6.07) is 14.3. The number of benzene rings is 1. The van der Waals surface area contributed by atoms with Gasteiger partial charge in [0.1, 0.15) is 17.1 Å². The average molecular weight is 506 g/mol. The standard InChI is InChI=1S/C28H35N5O4/c1-28(2,3)37-27(36)30(4)20-16-21(17-20)33-18-23(26(34)35)22-10-11-24(29-25(22)33)32-14-12-31(13-15-32)19-8-6-5-7-9-19/h5-11,18,20-21H,12-17H2,1-4H3,(H,34,35). The summed E-state index contributed by atoms with van der Waals surface area (Å²) in [5, 5.41) is 10.5. The van der Waals surface area contributed by atoms with Crippen molar-refractivity contribution in [2.75, 3.05) is 43.0 Å². The van der Waals surface area contributed by atoms with Gasteiger partial charge >= 0.3 is 12.1 Å². The third-order valence-corrected chi connectivity index (χ3v) is 7.33. The van der Waals surface area contributed by atoms with Gasteiger partial charge in [-0.15, -0.1) is 0 Å². The van der Waals surface area contributed by atoms with E-state index < -0.39 is 11.6 Å². The minimum absolute atomic E-state index is 0.0415. The summed E-state index contributed by atoms with van der Waals surface area (Å²) in [5.74, 6) is -0.102. The molecule has 9 heteroatoms. The summed E-state index contributed by atoms with van der Waals surface area (Å²) in [6.45, 7) is 9.03. The molecule has 1 N–H and O–H groups in total. The highest BCUT2D eigenvalue weighted by Crippen LogP contribution is 2.39. The number of aromatic nitrogens is 2. The molecule has 1 aromatic carbocycles. The van der Waals surface area contributed by atoms with Crippen LogP contribution >= 0.6 is 0 Å². The van der Waals surface area contributed by atoms with Gasteiger partial charge in [0.2, 0.25) is 0 Å². The first-order valence-corrected chi connectivity index (χ1v) is 12.9. The SMILES string of the molecule is CN(C(=O)OC(C)(C)C)C1CC(n2cc(C(=O)O)c3ccc(N4CCN(c5ccccc5)CC4)nc32)C1. The van der Waals surface area contributed by atoms with Gasteiger partial charge in [0.15, 0.2) is 0 Å². The first kappa shape index (κ1) is 24.9. The maximum absolute atomic E-state index is 12.5. The number of hydrogen-bond acceptors (Lipinski definition) is 6. The Labute approximate surface area is 217 Å². The maximum atomic E-state index is 12.5. The van der Waals surface area contributed by atoms with Crippen molar-refractivity contribution < 1.29 is 19.4 Å². The molecule has 0 unspecified atom stereocenters. The van der Waals surface area contributed by atoms with Crippen molar-refractivity contribution in [3.05, 3.63) is 54.2 Å². The number of carboxylic acid groups (broad SMARTS) is 1. The zero-order valence-electron chi connectivity index (χ0n) is 21.9. The fourth-order valence-corrected chi connectivity index (χ4v) is 5.16. The number of nitrogens with zero attached hydrogens (tertiary/aromatic N) is 5. The number of anilines is 2. The number of amides is 1. The van der Waals surface area contributed by atoms with Crippen LogP contribution < -0.4 is 9.80 Å². The molecular formula is C28H35N5O4. The number of carbonyl (C=O) groups is 2. The summed E-state index contributed by atoms with van der Waals surface area (Å²) >= 11 is 0. The Hall–Kier alpha value is -3.75. The first-order valence-electron chi connectivity index (χ1n) is 12.9. The molecule has 5 rings (SSSR count). The van der Waals surface area contributed by atoms with Crippen LogP contribution in [0.25, 0.3) is 11.0 Å². The predicted octanol–water partition coefficient (Wildman–Crippen LogP) is 4.63. The number of hydrogen-bond donors (Lipinski definition) is 1. The second kappa shape index (κ2) is 9.61. The van der Waals surface area contributed by atoms with E-state index in [0.717, 1.165) is 44.8 Å². The van der Waals surface area contributed by atoms with Crippen LogP contribution in [0.2, 0.25) is 0 Å². The van der Waals surface area contributed by atoms with E-state index in [2.05, 4.69) is 34.1 Å². The topological polar surface area (TPSA) is 91.1 Å². The van der Waals surface area contributed by atoms with Crippen LogP contribution in [0.3, 0.4) is 0 Å². The number of piperazine rings is 1. The van der Waals surface area contributed by atoms with Gasteiger partial charge in [0.25, 0.3) is 0 Å². The number of fused-ring (bicyclic) bond motifs is 1. The third-order valence-electron chi connectivity index (χ3n) is 7.33. The number of carbonyl (C=O) groups excluding carboxylic acids is 1. The number of ether oxygens (including phenoxy) is 1. The molecule has 2 fully saturated rings. The Morgan fingerprint density at radius 3 is 2.27 bits per heavy atom. The highest BCUT2D eigenvalue weighted by atomic mass is 16.6. The lowest BCUT2D eigenvalue weighted by Gasteiger charge is -2.42. The Morgan fingerprint density at radius 1 is 1.00 bits per heavy atom. The molecule has 1 saturated carbocycles. The fourth-order valence-electron chi connectivity index (χ4n) is 5.16. The zero-order valence-corrected chi connectivity index (χ0v) is 21.9. The van der Waals surface area contributed by atoms with Crippen molar-refractivity contribution >= 4 is 34.6 Å². The van der Waals surface area contributed by atoms with E-state index in [-0.39, 0.29) is 23.7 Å². The van der Waals surface area contributed by atoms with Gasteiger partial charge in [-0.25, -0.2) is 14.6 Å². The lowest BCUT2D eigenvalue weighted by atomic mass is 9.85. The molecule has 3 heterocycles. The Bertz CT molecular complexity index is 1290. The fraction of sp³-hybridized carbons (Fsp3) is 0.464. The van der Waals surface area contributed by atoms with Crippen molar-refractivity contribution in [3.8, 4) is 0 Å². The second-order valence-electron chi connectivity index (χ2n) is 11.0. The Morgan fingerprint density at radius 2 is 1.65 bits per heavy atom. The first-order chi connectivity index (χ1) is 17.6. The van der Waals surface area contributed by atoms with E-state index >= 15 is 0 Å². The lowest BCUT2D eigenvalue weighted by molar-refractivity contribution is 0.00809. The number of pyridine rings is 1. The molecular weight excluding hydrogens is 470 g/mol. The van der Waals surface area contributed by atoms with Crippen LogP contribution in [0.5, 0.6) is 0 Å². The van der Waals surface area contributed by atoms with E-state index in [1.54, 1.807) is 18.1 Å². The molecule has 1 aliphatic heterocycles. The smallest absolute Gasteiger partial charge is 0.410 e. The molecule has 196 valence electrons. The molecule has 37 heavy (non-hydrogen) atoms.